The van der Waals surface area contributed by atoms with Crippen LogP contribution in [-0.4, -0.2) is 46.7 Å². The third-order valence-electron chi connectivity index (χ3n) is 4.02. The fraction of sp³-hybridized carbons (Fsp3) is 0.278. The second-order valence-corrected chi connectivity index (χ2v) is 6.85. The van der Waals surface area contributed by atoms with Crippen LogP contribution in [0.5, 0.6) is 0 Å². The van der Waals surface area contributed by atoms with Gasteiger partial charge in [-0.15, -0.1) is 0 Å². The molecule has 0 spiro atoms. The van der Waals surface area contributed by atoms with Crippen molar-refractivity contribution in [1.82, 2.24) is 9.88 Å². The summed E-state index contributed by atoms with van der Waals surface area (Å²) in [5.74, 6) is -1.08. The molecule has 2 heterocycles. The Morgan fingerprint density at radius 1 is 1.19 bits per heavy atom. The molecule has 0 saturated carbocycles. The molecule has 1 aliphatic heterocycles. The first-order valence-electron chi connectivity index (χ1n) is 7.92. The second-order valence-electron chi connectivity index (χ2n) is 5.93. The fourth-order valence-corrected chi connectivity index (χ4v) is 2.92. The number of hydrogen-bond donors (Lipinski definition) is 1. The van der Waals surface area contributed by atoms with Gasteiger partial charge in [0.05, 0.1) is 18.8 Å². The molecule has 1 saturated heterocycles. The van der Waals surface area contributed by atoms with Gasteiger partial charge in [-0.1, -0.05) is 30.3 Å². The second kappa shape index (κ2) is 7.84. The van der Waals surface area contributed by atoms with Crippen molar-refractivity contribution >= 4 is 28.0 Å². The van der Waals surface area contributed by atoms with Gasteiger partial charge in [-0.05, 0) is 33.6 Å². The lowest BCUT2D eigenvalue weighted by molar-refractivity contribution is -0.169. The van der Waals surface area contributed by atoms with Gasteiger partial charge in [0, 0.05) is 10.7 Å². The van der Waals surface area contributed by atoms with Crippen molar-refractivity contribution in [3.05, 3.63) is 64.4 Å². The van der Waals surface area contributed by atoms with E-state index in [2.05, 4.69) is 20.9 Å². The molecule has 0 bridgehead atoms. The molecule has 136 valence electrons. The summed E-state index contributed by atoms with van der Waals surface area (Å²) in [6, 6.07) is 12.9. The molecule has 1 amide bonds. The molecular formula is C18H17BrN2O5. The smallest absolute Gasteiger partial charge is 0.410 e. The average molecular weight is 421 g/mol. The van der Waals surface area contributed by atoms with Gasteiger partial charge in [-0.25, -0.2) is 9.59 Å². The van der Waals surface area contributed by atoms with Crippen LogP contribution in [-0.2, 0) is 26.5 Å². The Morgan fingerprint density at radius 3 is 2.54 bits per heavy atom. The quantitative estimate of drug-likeness (QED) is 0.772. The van der Waals surface area contributed by atoms with E-state index in [1.165, 1.54) is 4.90 Å². The number of aliphatic carboxylic acids is 1. The molecule has 2 aromatic rings. The van der Waals surface area contributed by atoms with Gasteiger partial charge in [0.1, 0.15) is 18.8 Å². The molecular weight excluding hydrogens is 404 g/mol. The molecule has 7 nitrogen and oxygen atoms in total. The van der Waals surface area contributed by atoms with Crippen molar-refractivity contribution in [3.8, 4) is 0 Å². The van der Waals surface area contributed by atoms with Crippen molar-refractivity contribution in [1.29, 1.82) is 0 Å². The van der Waals surface area contributed by atoms with Gasteiger partial charge in [0.25, 0.3) is 0 Å². The third-order valence-corrected chi connectivity index (χ3v) is 4.49. The molecule has 1 aliphatic rings. The Hall–Kier alpha value is -2.45. The Balaban J connectivity index is 1.63. The summed E-state index contributed by atoms with van der Waals surface area (Å²) in [5.41, 5.74) is 0.531. The number of likely N-dealkylation sites (tertiary alicyclic amines) is 1. The van der Waals surface area contributed by atoms with Crippen LogP contribution in [0.3, 0.4) is 0 Å². The maximum Gasteiger partial charge on any atom is 0.410 e. The molecule has 1 fully saturated rings. The zero-order chi connectivity index (χ0) is 18.6. The van der Waals surface area contributed by atoms with Crippen molar-refractivity contribution in [2.24, 2.45) is 0 Å². The lowest BCUT2D eigenvalue weighted by Gasteiger charge is -2.48. The summed E-state index contributed by atoms with van der Waals surface area (Å²) >= 11 is 3.31. The topological polar surface area (TPSA) is 89.0 Å². The Bertz CT molecular complexity index is 776. The zero-order valence-corrected chi connectivity index (χ0v) is 15.4. The number of carboxylic acids is 1. The number of rotatable bonds is 6. The number of nitrogens with zero attached hydrogens (tertiary/aromatic N) is 2. The van der Waals surface area contributed by atoms with E-state index in [1.807, 2.05) is 30.3 Å². The predicted octanol–water partition coefficient (Wildman–Crippen LogP) is 2.79. The van der Waals surface area contributed by atoms with E-state index in [0.717, 1.165) is 10.0 Å². The molecule has 3 rings (SSSR count). The summed E-state index contributed by atoms with van der Waals surface area (Å²) < 4.78 is 11.7. The summed E-state index contributed by atoms with van der Waals surface area (Å²) in [7, 11) is 0. The highest BCUT2D eigenvalue weighted by Gasteiger charge is 2.50. The summed E-state index contributed by atoms with van der Waals surface area (Å²) in [6.45, 7) is 0.0748. The number of carbonyl (C=O) groups excluding carboxylic acids is 1. The van der Waals surface area contributed by atoms with Gasteiger partial charge in [0.2, 0.25) is 0 Å². The SMILES string of the molecule is O=C(O)COC1(c2ccc(Br)cn2)CN(C(=O)OCc2ccccc2)C1. The van der Waals surface area contributed by atoms with Crippen LogP contribution < -0.4 is 0 Å². The highest BCUT2D eigenvalue weighted by molar-refractivity contribution is 9.10. The number of carbonyl (C=O) groups is 2. The van der Waals surface area contributed by atoms with Gasteiger partial charge in [-0.2, -0.15) is 0 Å². The summed E-state index contributed by atoms with van der Waals surface area (Å²) in [6.07, 6.45) is 1.14. The van der Waals surface area contributed by atoms with E-state index < -0.39 is 24.3 Å². The Morgan fingerprint density at radius 2 is 1.92 bits per heavy atom. The lowest BCUT2D eigenvalue weighted by atomic mass is 9.90. The first kappa shape index (κ1) is 18.3. The minimum Gasteiger partial charge on any atom is -0.480 e. The summed E-state index contributed by atoms with van der Waals surface area (Å²) in [4.78, 5) is 28.9. The number of pyridine rings is 1. The minimum absolute atomic E-state index is 0.176. The zero-order valence-electron chi connectivity index (χ0n) is 13.8. The number of halogens is 1. The van der Waals surface area contributed by atoms with Crippen molar-refractivity contribution in [2.75, 3.05) is 19.7 Å². The average Bonchev–Trinajstić information content (AvgIpc) is 2.61. The molecule has 0 atom stereocenters. The number of amides is 1. The number of benzene rings is 1. The van der Waals surface area contributed by atoms with E-state index in [0.29, 0.717) is 5.69 Å². The van der Waals surface area contributed by atoms with Crippen LogP contribution >= 0.6 is 15.9 Å². The molecule has 1 N–H and O–H groups in total. The van der Waals surface area contributed by atoms with Gasteiger partial charge < -0.3 is 19.5 Å². The van der Waals surface area contributed by atoms with Gasteiger partial charge in [-0.3, -0.25) is 4.98 Å². The largest absolute Gasteiger partial charge is 0.480 e. The number of ether oxygens (including phenoxy) is 2. The van der Waals surface area contributed by atoms with Gasteiger partial charge in [0.15, 0.2) is 0 Å². The minimum atomic E-state index is -1.08. The molecule has 26 heavy (non-hydrogen) atoms. The maximum absolute atomic E-state index is 12.2. The van der Waals surface area contributed by atoms with Crippen molar-refractivity contribution < 1.29 is 24.2 Å². The first-order valence-corrected chi connectivity index (χ1v) is 8.71. The fourth-order valence-electron chi connectivity index (χ4n) is 2.68. The normalized spacial score (nSPS) is 15.2. The van der Waals surface area contributed by atoms with E-state index >= 15 is 0 Å². The van der Waals surface area contributed by atoms with E-state index in [4.69, 9.17) is 14.6 Å². The van der Waals surface area contributed by atoms with E-state index in [-0.39, 0.29) is 19.7 Å². The maximum atomic E-state index is 12.2. The monoisotopic (exact) mass is 420 g/mol. The van der Waals surface area contributed by atoms with Crippen molar-refractivity contribution in [3.63, 3.8) is 0 Å². The standard InChI is InChI=1S/C18H17BrN2O5/c19-14-6-7-15(20-8-14)18(26-10-16(22)23)11-21(12-18)17(24)25-9-13-4-2-1-3-5-13/h1-8H,9-12H2,(H,22,23). The van der Waals surface area contributed by atoms with Crippen LogP contribution in [0, 0.1) is 0 Å². The molecule has 1 aromatic carbocycles. The van der Waals surface area contributed by atoms with Crippen LogP contribution in [0.15, 0.2) is 53.1 Å². The molecule has 0 unspecified atom stereocenters. The van der Waals surface area contributed by atoms with Gasteiger partial charge >= 0.3 is 12.1 Å². The van der Waals surface area contributed by atoms with Crippen LogP contribution in [0.1, 0.15) is 11.3 Å². The highest BCUT2D eigenvalue weighted by atomic mass is 79.9. The molecule has 0 aliphatic carbocycles. The predicted molar refractivity (Wildman–Crippen MR) is 95.4 cm³/mol. The number of aromatic nitrogens is 1. The highest BCUT2D eigenvalue weighted by Crippen LogP contribution is 2.35. The first-order chi connectivity index (χ1) is 12.5. The van der Waals surface area contributed by atoms with E-state index in [1.54, 1.807) is 18.3 Å². The molecule has 0 radical (unpaired) electrons. The third kappa shape index (κ3) is 4.20. The number of carboxylic acid groups (broad SMARTS) is 1. The van der Waals surface area contributed by atoms with Crippen LogP contribution in [0.4, 0.5) is 4.79 Å². The van der Waals surface area contributed by atoms with Crippen LogP contribution in [0.2, 0.25) is 0 Å². The Labute approximate surface area is 158 Å². The van der Waals surface area contributed by atoms with Crippen LogP contribution in [0.25, 0.3) is 0 Å². The van der Waals surface area contributed by atoms with Crippen molar-refractivity contribution in [2.45, 2.75) is 12.2 Å². The lowest BCUT2D eigenvalue weighted by Crippen LogP contribution is -2.63. The summed E-state index contributed by atoms with van der Waals surface area (Å²) in [5, 5.41) is 8.91. The number of hydrogen-bond acceptors (Lipinski definition) is 5. The van der Waals surface area contributed by atoms with E-state index in [9.17, 15) is 9.59 Å². The Kier molecular flexibility index (Phi) is 5.53. The molecule has 1 aromatic heterocycles. The molecule has 8 heteroatoms.